The molecule has 0 aliphatic heterocycles. The number of hydrogen-bond donors (Lipinski definition) is 0. The number of ketones is 1. The molecule has 0 saturated carbocycles. The van der Waals surface area contributed by atoms with E-state index in [9.17, 15) is 4.79 Å². The number of carbonyl (C=O) groups excluding carboxylic acids is 1. The predicted octanol–water partition coefficient (Wildman–Crippen LogP) is 2.05. The Morgan fingerprint density at radius 3 is 2.47 bits per heavy atom. The number of allylic oxidation sites excluding steroid dienone is 1. The van der Waals surface area contributed by atoms with Gasteiger partial charge in [-0.25, -0.2) is 0 Å². The lowest BCUT2D eigenvalue weighted by Gasteiger charge is -2.13. The summed E-state index contributed by atoms with van der Waals surface area (Å²) in [6.07, 6.45) is 1.83. The minimum Gasteiger partial charge on any atom is -0.305 e. The summed E-state index contributed by atoms with van der Waals surface area (Å²) in [5.41, 5.74) is 2.30. The lowest BCUT2D eigenvalue weighted by atomic mass is 10.0. The maximum Gasteiger partial charge on any atom is 0.159 e. The summed E-state index contributed by atoms with van der Waals surface area (Å²) in [7, 11) is 4.04. The quantitative estimate of drug-likeness (QED) is 0.683. The molecule has 0 bridgehead atoms. The summed E-state index contributed by atoms with van der Waals surface area (Å²) in [4.78, 5) is 13.4. The standard InChI is InChI=1S/C13H17NO/c1-4-13(15)9-11-7-5-6-8-12(11)10-14(2)3/h4-8H,1,9-10H2,2-3H3. The summed E-state index contributed by atoms with van der Waals surface area (Å²) in [5, 5.41) is 0. The first-order valence-corrected chi connectivity index (χ1v) is 5.00. The van der Waals surface area contributed by atoms with Crippen molar-refractivity contribution in [1.82, 2.24) is 4.90 Å². The third kappa shape index (κ3) is 3.68. The second-order valence-electron chi connectivity index (χ2n) is 3.85. The van der Waals surface area contributed by atoms with Crippen LogP contribution in [0.5, 0.6) is 0 Å². The van der Waals surface area contributed by atoms with E-state index in [1.165, 1.54) is 11.6 Å². The van der Waals surface area contributed by atoms with Gasteiger partial charge in [0.1, 0.15) is 0 Å². The zero-order valence-electron chi connectivity index (χ0n) is 9.36. The molecule has 0 amide bonds. The molecule has 0 saturated heterocycles. The van der Waals surface area contributed by atoms with E-state index >= 15 is 0 Å². The molecule has 1 aromatic rings. The molecule has 1 rings (SSSR count). The molecule has 0 radical (unpaired) electrons. The van der Waals surface area contributed by atoms with Crippen LogP contribution in [0.15, 0.2) is 36.9 Å². The van der Waals surface area contributed by atoms with Gasteiger partial charge >= 0.3 is 0 Å². The fraction of sp³-hybridized carbons (Fsp3) is 0.308. The molecule has 0 heterocycles. The SMILES string of the molecule is C=CC(=O)Cc1ccccc1CN(C)C. The Kier molecular flexibility index (Phi) is 4.25. The highest BCUT2D eigenvalue weighted by Crippen LogP contribution is 2.11. The Hall–Kier alpha value is -1.41. The van der Waals surface area contributed by atoms with Gasteiger partial charge < -0.3 is 4.90 Å². The maximum absolute atomic E-state index is 11.3. The molecule has 2 nitrogen and oxygen atoms in total. The Morgan fingerprint density at radius 1 is 1.33 bits per heavy atom. The van der Waals surface area contributed by atoms with Crippen molar-refractivity contribution in [2.24, 2.45) is 0 Å². The van der Waals surface area contributed by atoms with Crippen molar-refractivity contribution in [1.29, 1.82) is 0 Å². The molecule has 0 aliphatic rings. The topological polar surface area (TPSA) is 20.3 Å². The van der Waals surface area contributed by atoms with Crippen LogP contribution in [0.4, 0.5) is 0 Å². The molecule has 0 unspecified atom stereocenters. The smallest absolute Gasteiger partial charge is 0.159 e. The van der Waals surface area contributed by atoms with E-state index in [1.807, 2.05) is 32.3 Å². The van der Waals surface area contributed by atoms with Crippen molar-refractivity contribution < 1.29 is 4.79 Å². The fourth-order valence-electron chi connectivity index (χ4n) is 1.48. The van der Waals surface area contributed by atoms with Gasteiger partial charge in [-0.05, 0) is 31.3 Å². The maximum atomic E-state index is 11.3. The molecular formula is C13H17NO. The van der Waals surface area contributed by atoms with Crippen LogP contribution >= 0.6 is 0 Å². The molecule has 0 atom stereocenters. The Bertz CT molecular complexity index is 355. The molecule has 1 aromatic carbocycles. The Morgan fingerprint density at radius 2 is 1.93 bits per heavy atom. The van der Waals surface area contributed by atoms with E-state index in [4.69, 9.17) is 0 Å². The van der Waals surface area contributed by atoms with Gasteiger partial charge in [0.15, 0.2) is 5.78 Å². The van der Waals surface area contributed by atoms with Crippen molar-refractivity contribution in [2.45, 2.75) is 13.0 Å². The molecule has 15 heavy (non-hydrogen) atoms. The molecular weight excluding hydrogens is 186 g/mol. The lowest BCUT2D eigenvalue weighted by Crippen LogP contribution is -2.13. The van der Waals surface area contributed by atoms with Gasteiger partial charge in [0.2, 0.25) is 0 Å². The summed E-state index contributed by atoms with van der Waals surface area (Å²) < 4.78 is 0. The van der Waals surface area contributed by atoms with Crippen molar-refractivity contribution in [3.63, 3.8) is 0 Å². The predicted molar refractivity (Wildman–Crippen MR) is 62.7 cm³/mol. The van der Waals surface area contributed by atoms with Crippen molar-refractivity contribution in [3.8, 4) is 0 Å². The number of carbonyl (C=O) groups is 1. The molecule has 0 N–H and O–H groups in total. The van der Waals surface area contributed by atoms with Crippen LogP contribution in [0.1, 0.15) is 11.1 Å². The van der Waals surface area contributed by atoms with E-state index in [0.29, 0.717) is 6.42 Å². The second kappa shape index (κ2) is 5.47. The van der Waals surface area contributed by atoms with Gasteiger partial charge in [0.05, 0.1) is 0 Å². The normalized spacial score (nSPS) is 10.3. The zero-order chi connectivity index (χ0) is 11.3. The third-order valence-corrected chi connectivity index (χ3v) is 2.20. The lowest BCUT2D eigenvalue weighted by molar-refractivity contribution is -0.114. The van der Waals surface area contributed by atoms with Crippen LogP contribution < -0.4 is 0 Å². The third-order valence-electron chi connectivity index (χ3n) is 2.20. The molecule has 0 aliphatic carbocycles. The summed E-state index contributed by atoms with van der Waals surface area (Å²) in [6.45, 7) is 4.35. The van der Waals surface area contributed by atoms with E-state index in [-0.39, 0.29) is 5.78 Å². The van der Waals surface area contributed by atoms with Gasteiger partial charge in [-0.15, -0.1) is 0 Å². The Balaban J connectivity index is 2.85. The highest BCUT2D eigenvalue weighted by atomic mass is 16.1. The van der Waals surface area contributed by atoms with Crippen molar-refractivity contribution in [2.75, 3.05) is 14.1 Å². The number of rotatable bonds is 5. The molecule has 0 aromatic heterocycles. The highest BCUT2D eigenvalue weighted by molar-refractivity contribution is 5.91. The minimum absolute atomic E-state index is 0.0706. The van der Waals surface area contributed by atoms with E-state index < -0.39 is 0 Å². The molecule has 0 spiro atoms. The molecule has 2 heteroatoms. The number of hydrogen-bond acceptors (Lipinski definition) is 2. The van der Waals surface area contributed by atoms with Gasteiger partial charge in [-0.3, -0.25) is 4.79 Å². The van der Waals surface area contributed by atoms with Crippen molar-refractivity contribution in [3.05, 3.63) is 48.0 Å². The first-order valence-electron chi connectivity index (χ1n) is 5.00. The number of nitrogens with zero attached hydrogens (tertiary/aromatic N) is 1. The van der Waals surface area contributed by atoms with Crippen molar-refractivity contribution >= 4 is 5.78 Å². The average Bonchev–Trinajstić information content (AvgIpc) is 2.20. The van der Waals surface area contributed by atoms with Gasteiger partial charge in [0, 0.05) is 13.0 Å². The van der Waals surface area contributed by atoms with Crippen LogP contribution in [0.3, 0.4) is 0 Å². The summed E-state index contributed by atoms with van der Waals surface area (Å²) >= 11 is 0. The van der Waals surface area contributed by atoms with Gasteiger partial charge in [0.25, 0.3) is 0 Å². The first-order chi connectivity index (χ1) is 7.13. The zero-order valence-corrected chi connectivity index (χ0v) is 9.36. The van der Waals surface area contributed by atoms with E-state index in [0.717, 1.165) is 12.1 Å². The Labute approximate surface area is 91.2 Å². The van der Waals surface area contributed by atoms with Crippen LogP contribution in [-0.4, -0.2) is 24.8 Å². The van der Waals surface area contributed by atoms with Crippen LogP contribution in [-0.2, 0) is 17.8 Å². The molecule has 80 valence electrons. The van der Waals surface area contributed by atoms with Crippen LogP contribution in [0.2, 0.25) is 0 Å². The monoisotopic (exact) mass is 203 g/mol. The van der Waals surface area contributed by atoms with E-state index in [2.05, 4.69) is 17.5 Å². The largest absolute Gasteiger partial charge is 0.305 e. The molecule has 0 fully saturated rings. The van der Waals surface area contributed by atoms with Crippen LogP contribution in [0, 0.1) is 0 Å². The number of benzene rings is 1. The first kappa shape index (κ1) is 11.7. The highest BCUT2D eigenvalue weighted by Gasteiger charge is 2.05. The summed E-state index contributed by atoms with van der Waals surface area (Å²) in [6, 6.07) is 8.03. The summed E-state index contributed by atoms with van der Waals surface area (Å²) in [5.74, 6) is 0.0706. The van der Waals surface area contributed by atoms with Crippen LogP contribution in [0.25, 0.3) is 0 Å². The van der Waals surface area contributed by atoms with E-state index in [1.54, 1.807) is 0 Å². The van der Waals surface area contributed by atoms with Gasteiger partial charge in [-0.1, -0.05) is 30.8 Å². The fourth-order valence-corrected chi connectivity index (χ4v) is 1.48. The second-order valence-corrected chi connectivity index (χ2v) is 3.85. The van der Waals surface area contributed by atoms with Gasteiger partial charge in [-0.2, -0.15) is 0 Å². The minimum atomic E-state index is 0.0706. The average molecular weight is 203 g/mol.